The van der Waals surface area contributed by atoms with Crippen LogP contribution >= 0.6 is 11.3 Å². The molecule has 2 aromatic heterocycles. The molecular formula is C14H19N3OS. The summed E-state index contributed by atoms with van der Waals surface area (Å²) in [6.45, 7) is 2.09. The molecule has 3 rings (SSSR count). The monoisotopic (exact) mass is 277 g/mol. The first kappa shape index (κ1) is 12.8. The van der Waals surface area contributed by atoms with E-state index in [1.807, 2.05) is 18.4 Å². The maximum atomic E-state index is 5.46. The molecule has 4 nitrogen and oxygen atoms in total. The normalized spacial score (nSPS) is 15.7. The fourth-order valence-electron chi connectivity index (χ4n) is 2.79. The SMILES string of the molecule is CCC(OC)c1nc(NC)c2c3c(sc2n1)CCC3. The van der Waals surface area contributed by atoms with Gasteiger partial charge in [0.15, 0.2) is 5.82 Å². The van der Waals surface area contributed by atoms with E-state index in [1.54, 1.807) is 7.11 Å². The van der Waals surface area contributed by atoms with Gasteiger partial charge in [-0.2, -0.15) is 0 Å². The maximum Gasteiger partial charge on any atom is 0.161 e. The van der Waals surface area contributed by atoms with E-state index < -0.39 is 0 Å². The lowest BCUT2D eigenvalue weighted by Gasteiger charge is -2.13. The lowest BCUT2D eigenvalue weighted by Crippen LogP contribution is -2.08. The highest BCUT2D eigenvalue weighted by molar-refractivity contribution is 7.19. The predicted octanol–water partition coefficient (Wildman–Crippen LogP) is 3.32. The minimum absolute atomic E-state index is 0.0200. The van der Waals surface area contributed by atoms with Crippen LogP contribution in [0.3, 0.4) is 0 Å². The van der Waals surface area contributed by atoms with Gasteiger partial charge in [0, 0.05) is 19.0 Å². The van der Waals surface area contributed by atoms with Gasteiger partial charge in [-0.3, -0.25) is 0 Å². The van der Waals surface area contributed by atoms with Crippen molar-refractivity contribution >= 4 is 27.4 Å². The van der Waals surface area contributed by atoms with Crippen LogP contribution in [0.5, 0.6) is 0 Å². The number of nitrogens with one attached hydrogen (secondary N) is 1. The number of nitrogens with zero attached hydrogens (tertiary/aromatic N) is 2. The van der Waals surface area contributed by atoms with Crippen LogP contribution in [-0.2, 0) is 17.6 Å². The Morgan fingerprint density at radius 1 is 1.37 bits per heavy atom. The molecule has 0 spiro atoms. The molecular weight excluding hydrogens is 258 g/mol. The largest absolute Gasteiger partial charge is 0.373 e. The first-order valence-electron chi connectivity index (χ1n) is 6.81. The van der Waals surface area contributed by atoms with Gasteiger partial charge in [-0.05, 0) is 31.2 Å². The van der Waals surface area contributed by atoms with Gasteiger partial charge in [-0.25, -0.2) is 9.97 Å². The second-order valence-electron chi connectivity index (χ2n) is 4.85. The van der Waals surface area contributed by atoms with E-state index >= 15 is 0 Å². The number of aromatic nitrogens is 2. The molecule has 0 saturated carbocycles. The summed E-state index contributed by atoms with van der Waals surface area (Å²) in [7, 11) is 3.65. The molecule has 0 fully saturated rings. The van der Waals surface area contributed by atoms with Gasteiger partial charge in [-0.15, -0.1) is 11.3 Å². The molecule has 0 aliphatic heterocycles. The zero-order valence-corrected chi connectivity index (χ0v) is 12.4. The minimum Gasteiger partial charge on any atom is -0.373 e. The van der Waals surface area contributed by atoms with Crippen LogP contribution in [0, 0.1) is 0 Å². The van der Waals surface area contributed by atoms with Gasteiger partial charge in [0.05, 0.1) is 5.39 Å². The smallest absolute Gasteiger partial charge is 0.161 e. The molecule has 0 bridgehead atoms. The maximum absolute atomic E-state index is 5.46. The Hall–Kier alpha value is -1.20. The number of anilines is 1. The third kappa shape index (κ3) is 2.01. The zero-order valence-electron chi connectivity index (χ0n) is 11.6. The van der Waals surface area contributed by atoms with Crippen molar-refractivity contribution < 1.29 is 4.74 Å². The van der Waals surface area contributed by atoms with Crippen LogP contribution in [0.15, 0.2) is 0 Å². The Kier molecular flexibility index (Phi) is 3.41. The summed E-state index contributed by atoms with van der Waals surface area (Å²) >= 11 is 1.82. The van der Waals surface area contributed by atoms with Crippen LogP contribution in [0.2, 0.25) is 0 Å². The number of hydrogen-bond acceptors (Lipinski definition) is 5. The van der Waals surface area contributed by atoms with Gasteiger partial charge in [0.2, 0.25) is 0 Å². The Bertz CT molecular complexity index is 604. The molecule has 102 valence electrons. The van der Waals surface area contributed by atoms with Crippen molar-refractivity contribution in [3.63, 3.8) is 0 Å². The summed E-state index contributed by atoms with van der Waals surface area (Å²) in [6, 6.07) is 0. The van der Waals surface area contributed by atoms with Gasteiger partial charge >= 0.3 is 0 Å². The number of aryl methyl sites for hydroxylation is 2. The Labute approximate surface area is 117 Å². The molecule has 2 aromatic rings. The molecule has 1 N–H and O–H groups in total. The first-order valence-corrected chi connectivity index (χ1v) is 7.62. The van der Waals surface area contributed by atoms with Crippen molar-refractivity contribution in [3.05, 3.63) is 16.3 Å². The fraction of sp³-hybridized carbons (Fsp3) is 0.571. The summed E-state index contributed by atoms with van der Waals surface area (Å²) in [5, 5.41) is 4.46. The molecule has 1 aliphatic rings. The van der Waals surface area contributed by atoms with Gasteiger partial charge in [0.1, 0.15) is 16.8 Å². The molecule has 0 saturated heterocycles. The van der Waals surface area contributed by atoms with E-state index in [2.05, 4.69) is 17.2 Å². The average Bonchev–Trinajstić information content (AvgIpc) is 2.99. The van der Waals surface area contributed by atoms with Gasteiger partial charge in [-0.1, -0.05) is 6.92 Å². The van der Waals surface area contributed by atoms with E-state index in [-0.39, 0.29) is 6.10 Å². The molecule has 1 aliphatic carbocycles. The standard InChI is InChI=1S/C14H19N3OS/c1-4-9(18-3)12-16-13(15-2)11-8-6-5-7-10(8)19-14(11)17-12/h9H,4-7H2,1-3H3,(H,15,16,17). The predicted molar refractivity (Wildman–Crippen MR) is 79.0 cm³/mol. The lowest BCUT2D eigenvalue weighted by atomic mass is 10.2. The second kappa shape index (κ2) is 5.06. The van der Waals surface area contributed by atoms with Crippen LogP contribution in [-0.4, -0.2) is 24.1 Å². The number of ether oxygens (including phenoxy) is 1. The van der Waals surface area contributed by atoms with Crippen molar-refractivity contribution in [1.82, 2.24) is 9.97 Å². The summed E-state index contributed by atoms with van der Waals surface area (Å²) in [5.41, 5.74) is 1.46. The number of rotatable bonds is 4. The number of thiophene rings is 1. The summed E-state index contributed by atoms with van der Waals surface area (Å²) < 4.78 is 5.46. The van der Waals surface area contributed by atoms with Crippen molar-refractivity contribution in [2.24, 2.45) is 0 Å². The van der Waals surface area contributed by atoms with Crippen LogP contribution in [0.1, 0.15) is 42.1 Å². The van der Waals surface area contributed by atoms with Crippen LogP contribution in [0.4, 0.5) is 5.82 Å². The van der Waals surface area contributed by atoms with Gasteiger partial charge in [0.25, 0.3) is 0 Å². The van der Waals surface area contributed by atoms with E-state index in [9.17, 15) is 0 Å². The van der Waals surface area contributed by atoms with Gasteiger partial charge < -0.3 is 10.1 Å². The summed E-state index contributed by atoms with van der Waals surface area (Å²) in [4.78, 5) is 12.0. The van der Waals surface area contributed by atoms with Crippen molar-refractivity contribution in [3.8, 4) is 0 Å². The molecule has 0 aromatic carbocycles. The molecule has 5 heteroatoms. The highest BCUT2D eigenvalue weighted by Gasteiger charge is 2.23. The van der Waals surface area contributed by atoms with Crippen molar-refractivity contribution in [2.45, 2.75) is 38.7 Å². The molecule has 1 atom stereocenters. The summed E-state index contributed by atoms with van der Waals surface area (Å²) in [5.74, 6) is 1.75. The molecule has 0 radical (unpaired) electrons. The quantitative estimate of drug-likeness (QED) is 0.931. The molecule has 19 heavy (non-hydrogen) atoms. The third-order valence-electron chi connectivity index (χ3n) is 3.76. The van der Waals surface area contributed by atoms with E-state index in [4.69, 9.17) is 9.72 Å². The van der Waals surface area contributed by atoms with Crippen molar-refractivity contribution in [1.29, 1.82) is 0 Å². The summed E-state index contributed by atoms with van der Waals surface area (Å²) in [6.07, 6.45) is 4.48. The number of hydrogen-bond donors (Lipinski definition) is 1. The van der Waals surface area contributed by atoms with E-state index in [1.165, 1.54) is 28.7 Å². The Balaban J connectivity index is 2.19. The number of methoxy groups -OCH3 is 1. The molecule has 0 amide bonds. The molecule has 2 heterocycles. The van der Waals surface area contributed by atoms with E-state index in [0.29, 0.717) is 0 Å². The van der Waals surface area contributed by atoms with E-state index in [0.717, 1.165) is 29.3 Å². The van der Waals surface area contributed by atoms with Crippen molar-refractivity contribution in [2.75, 3.05) is 19.5 Å². The highest BCUT2D eigenvalue weighted by atomic mass is 32.1. The fourth-order valence-corrected chi connectivity index (χ4v) is 4.06. The highest BCUT2D eigenvalue weighted by Crippen LogP contribution is 2.40. The van der Waals surface area contributed by atoms with Crippen LogP contribution in [0.25, 0.3) is 10.2 Å². The molecule has 1 unspecified atom stereocenters. The second-order valence-corrected chi connectivity index (χ2v) is 5.93. The van der Waals surface area contributed by atoms with Crippen LogP contribution < -0.4 is 5.32 Å². The Morgan fingerprint density at radius 3 is 2.89 bits per heavy atom. The lowest BCUT2D eigenvalue weighted by molar-refractivity contribution is 0.0930. The topological polar surface area (TPSA) is 47.0 Å². The third-order valence-corrected chi connectivity index (χ3v) is 4.95. The first-order chi connectivity index (χ1) is 9.28. The Morgan fingerprint density at radius 2 is 2.21 bits per heavy atom. The minimum atomic E-state index is -0.0200. The average molecular weight is 277 g/mol. The number of fused-ring (bicyclic) bond motifs is 3. The zero-order chi connectivity index (χ0) is 13.4.